The SMILES string of the molecule is OC(CCc1nnnn1-c1ccccc1)C1CC1. The number of aliphatic hydroxyl groups is 1. The standard InChI is InChI=1S/C13H16N4O/c18-12(10-6-7-10)8-9-13-14-15-16-17(13)11-4-2-1-3-5-11/h1-5,10,12,18H,6-9H2. The second-order valence-corrected chi connectivity index (χ2v) is 4.79. The highest BCUT2D eigenvalue weighted by Gasteiger charge is 2.29. The van der Waals surface area contributed by atoms with Crippen LogP contribution < -0.4 is 0 Å². The molecule has 0 radical (unpaired) electrons. The van der Waals surface area contributed by atoms with Crippen molar-refractivity contribution < 1.29 is 5.11 Å². The number of nitrogens with zero attached hydrogens (tertiary/aromatic N) is 4. The van der Waals surface area contributed by atoms with Crippen LogP contribution in [0.2, 0.25) is 0 Å². The molecule has 1 heterocycles. The van der Waals surface area contributed by atoms with E-state index in [-0.39, 0.29) is 6.10 Å². The largest absolute Gasteiger partial charge is 0.393 e. The monoisotopic (exact) mass is 244 g/mol. The van der Waals surface area contributed by atoms with Gasteiger partial charge in [0.2, 0.25) is 0 Å². The van der Waals surface area contributed by atoms with Crippen molar-refractivity contribution in [3.8, 4) is 5.69 Å². The first-order valence-corrected chi connectivity index (χ1v) is 6.35. The first-order valence-electron chi connectivity index (χ1n) is 6.35. The van der Waals surface area contributed by atoms with Gasteiger partial charge in [-0.3, -0.25) is 0 Å². The van der Waals surface area contributed by atoms with Crippen molar-refractivity contribution in [1.82, 2.24) is 20.2 Å². The van der Waals surface area contributed by atoms with E-state index >= 15 is 0 Å². The molecular weight excluding hydrogens is 228 g/mol. The zero-order valence-corrected chi connectivity index (χ0v) is 10.1. The third kappa shape index (κ3) is 2.41. The Morgan fingerprint density at radius 2 is 2.06 bits per heavy atom. The van der Waals surface area contributed by atoms with Gasteiger partial charge in [-0.2, -0.15) is 4.68 Å². The molecule has 1 aliphatic rings. The zero-order chi connectivity index (χ0) is 12.4. The topological polar surface area (TPSA) is 63.8 Å². The van der Waals surface area contributed by atoms with E-state index in [0.29, 0.717) is 12.3 Å². The highest BCUT2D eigenvalue weighted by molar-refractivity contribution is 5.30. The van der Waals surface area contributed by atoms with Gasteiger partial charge in [0.1, 0.15) is 0 Å². The molecule has 1 atom stereocenters. The molecule has 0 aliphatic heterocycles. The van der Waals surface area contributed by atoms with Crippen molar-refractivity contribution in [3.05, 3.63) is 36.2 Å². The minimum absolute atomic E-state index is 0.203. The van der Waals surface area contributed by atoms with Crippen LogP contribution in [-0.4, -0.2) is 31.4 Å². The summed E-state index contributed by atoms with van der Waals surface area (Å²) in [6.45, 7) is 0. The Kier molecular flexibility index (Phi) is 3.06. The second-order valence-electron chi connectivity index (χ2n) is 4.79. The highest BCUT2D eigenvalue weighted by atomic mass is 16.3. The fourth-order valence-electron chi connectivity index (χ4n) is 2.13. The van der Waals surface area contributed by atoms with Crippen molar-refractivity contribution in [3.63, 3.8) is 0 Å². The molecule has 1 saturated carbocycles. The van der Waals surface area contributed by atoms with E-state index in [2.05, 4.69) is 15.5 Å². The Morgan fingerprint density at radius 3 is 2.78 bits per heavy atom. The van der Waals surface area contributed by atoms with Crippen LogP contribution in [0.1, 0.15) is 25.1 Å². The van der Waals surface area contributed by atoms with Gasteiger partial charge in [0.15, 0.2) is 5.82 Å². The molecule has 0 bridgehead atoms. The number of rotatable bonds is 5. The smallest absolute Gasteiger partial charge is 0.156 e. The lowest BCUT2D eigenvalue weighted by atomic mass is 10.1. The van der Waals surface area contributed by atoms with Gasteiger partial charge in [0.25, 0.3) is 0 Å². The predicted molar refractivity (Wildman–Crippen MR) is 66.2 cm³/mol. The number of hydrogen-bond acceptors (Lipinski definition) is 4. The lowest BCUT2D eigenvalue weighted by Crippen LogP contribution is -2.12. The maximum absolute atomic E-state index is 9.87. The minimum Gasteiger partial charge on any atom is -0.393 e. The van der Waals surface area contributed by atoms with Crippen molar-refractivity contribution >= 4 is 0 Å². The van der Waals surface area contributed by atoms with E-state index in [1.165, 1.54) is 0 Å². The minimum atomic E-state index is -0.203. The lowest BCUT2D eigenvalue weighted by molar-refractivity contribution is 0.141. The van der Waals surface area contributed by atoms with Crippen LogP contribution in [0.25, 0.3) is 5.69 Å². The molecule has 1 aromatic carbocycles. The Hall–Kier alpha value is -1.75. The van der Waals surface area contributed by atoms with Crippen LogP contribution in [0, 0.1) is 5.92 Å². The Morgan fingerprint density at radius 1 is 1.28 bits per heavy atom. The van der Waals surface area contributed by atoms with Crippen LogP contribution in [0.5, 0.6) is 0 Å². The first kappa shape index (κ1) is 11.3. The van der Waals surface area contributed by atoms with Crippen LogP contribution in [0.4, 0.5) is 0 Å². The Bertz CT molecular complexity index is 507. The number of benzene rings is 1. The van der Waals surface area contributed by atoms with Gasteiger partial charge in [0.05, 0.1) is 11.8 Å². The molecule has 1 N–H and O–H groups in total. The number of para-hydroxylation sites is 1. The molecule has 0 spiro atoms. The zero-order valence-electron chi connectivity index (χ0n) is 10.1. The van der Waals surface area contributed by atoms with Gasteiger partial charge >= 0.3 is 0 Å². The summed E-state index contributed by atoms with van der Waals surface area (Å²) in [4.78, 5) is 0. The molecular formula is C13H16N4O. The number of hydrogen-bond donors (Lipinski definition) is 1. The van der Waals surface area contributed by atoms with Gasteiger partial charge in [-0.05, 0) is 47.7 Å². The summed E-state index contributed by atoms with van der Waals surface area (Å²) in [7, 11) is 0. The normalized spacial score (nSPS) is 16.7. The van der Waals surface area contributed by atoms with Crippen LogP contribution in [-0.2, 0) is 6.42 Å². The Labute approximate surface area is 105 Å². The molecule has 18 heavy (non-hydrogen) atoms. The molecule has 2 aromatic rings. The summed E-state index contributed by atoms with van der Waals surface area (Å²) in [6.07, 6.45) is 3.55. The summed E-state index contributed by atoms with van der Waals surface area (Å²) in [5.74, 6) is 1.31. The fourth-order valence-corrected chi connectivity index (χ4v) is 2.13. The van der Waals surface area contributed by atoms with E-state index < -0.39 is 0 Å². The van der Waals surface area contributed by atoms with E-state index in [4.69, 9.17) is 0 Å². The predicted octanol–water partition coefficient (Wildman–Crippen LogP) is 1.37. The van der Waals surface area contributed by atoms with E-state index in [9.17, 15) is 5.11 Å². The maximum Gasteiger partial charge on any atom is 0.156 e. The van der Waals surface area contributed by atoms with Crippen LogP contribution >= 0.6 is 0 Å². The van der Waals surface area contributed by atoms with Gasteiger partial charge in [0, 0.05) is 6.42 Å². The summed E-state index contributed by atoms with van der Waals surface area (Å²) in [5, 5.41) is 21.6. The quantitative estimate of drug-likeness (QED) is 0.862. The average Bonchev–Trinajstić information content (AvgIpc) is 3.16. The molecule has 0 amide bonds. The third-order valence-corrected chi connectivity index (χ3v) is 3.36. The van der Waals surface area contributed by atoms with Crippen molar-refractivity contribution in [2.75, 3.05) is 0 Å². The summed E-state index contributed by atoms with van der Waals surface area (Å²) >= 11 is 0. The molecule has 5 nitrogen and oxygen atoms in total. The second kappa shape index (κ2) is 4.86. The highest BCUT2D eigenvalue weighted by Crippen LogP contribution is 2.34. The molecule has 1 aliphatic carbocycles. The van der Waals surface area contributed by atoms with Gasteiger partial charge < -0.3 is 5.11 Å². The summed E-state index contributed by atoms with van der Waals surface area (Å²) in [5.41, 5.74) is 0.957. The summed E-state index contributed by atoms with van der Waals surface area (Å²) in [6, 6.07) is 9.82. The number of aromatic nitrogens is 4. The van der Waals surface area contributed by atoms with Crippen molar-refractivity contribution in [2.24, 2.45) is 5.92 Å². The van der Waals surface area contributed by atoms with Crippen LogP contribution in [0.15, 0.2) is 30.3 Å². The fraction of sp³-hybridized carbons (Fsp3) is 0.462. The molecule has 1 aromatic heterocycles. The van der Waals surface area contributed by atoms with Gasteiger partial charge in [-0.25, -0.2) is 0 Å². The average molecular weight is 244 g/mol. The van der Waals surface area contributed by atoms with E-state index in [0.717, 1.165) is 30.8 Å². The number of aryl methyl sites for hydroxylation is 1. The Balaban J connectivity index is 1.71. The van der Waals surface area contributed by atoms with Crippen molar-refractivity contribution in [1.29, 1.82) is 0 Å². The molecule has 5 heteroatoms. The molecule has 94 valence electrons. The van der Waals surface area contributed by atoms with Crippen LogP contribution in [0.3, 0.4) is 0 Å². The third-order valence-electron chi connectivity index (χ3n) is 3.36. The first-order chi connectivity index (χ1) is 8.84. The molecule has 1 fully saturated rings. The molecule has 0 saturated heterocycles. The lowest BCUT2D eigenvalue weighted by Gasteiger charge is -2.08. The molecule has 3 rings (SSSR count). The molecule has 1 unspecified atom stereocenters. The summed E-state index contributed by atoms with van der Waals surface area (Å²) < 4.78 is 1.74. The van der Waals surface area contributed by atoms with E-state index in [1.54, 1.807) is 4.68 Å². The maximum atomic E-state index is 9.87. The number of tetrazole rings is 1. The van der Waals surface area contributed by atoms with Gasteiger partial charge in [-0.15, -0.1) is 5.10 Å². The number of aliphatic hydroxyl groups excluding tert-OH is 1. The van der Waals surface area contributed by atoms with E-state index in [1.807, 2.05) is 30.3 Å². The van der Waals surface area contributed by atoms with Crippen molar-refractivity contribution in [2.45, 2.75) is 31.8 Å². The van der Waals surface area contributed by atoms with Gasteiger partial charge in [-0.1, -0.05) is 18.2 Å².